The van der Waals surface area contributed by atoms with Gasteiger partial charge in [-0.05, 0) is 42.3 Å². The Bertz CT molecular complexity index is 613. The van der Waals surface area contributed by atoms with Crippen LogP contribution in [0.5, 0.6) is 0 Å². The van der Waals surface area contributed by atoms with Crippen LogP contribution in [0.4, 0.5) is 0 Å². The Kier molecular flexibility index (Phi) is 4.82. The average Bonchev–Trinajstić information content (AvgIpc) is 3.04. The number of amides is 2. The second kappa shape index (κ2) is 6.84. The minimum atomic E-state index is 0.0264. The molecule has 3 heterocycles. The molecule has 1 spiro atoms. The van der Waals surface area contributed by atoms with Crippen molar-refractivity contribution in [2.24, 2.45) is 5.41 Å². The normalized spacial score (nSPS) is 25.1. The fourth-order valence-corrected chi connectivity index (χ4v) is 4.21. The molecule has 2 saturated heterocycles. The van der Waals surface area contributed by atoms with Gasteiger partial charge in [0, 0.05) is 42.4 Å². The quantitative estimate of drug-likeness (QED) is 0.828. The summed E-state index contributed by atoms with van der Waals surface area (Å²) in [7, 11) is 0. The van der Waals surface area contributed by atoms with Crippen LogP contribution in [-0.4, -0.2) is 41.5 Å². The second-order valence-electron chi connectivity index (χ2n) is 6.49. The number of likely N-dealkylation sites (tertiary alicyclic amines) is 1. The van der Waals surface area contributed by atoms with Crippen molar-refractivity contribution in [1.29, 1.82) is 0 Å². The van der Waals surface area contributed by atoms with Crippen LogP contribution in [0.15, 0.2) is 17.5 Å². The summed E-state index contributed by atoms with van der Waals surface area (Å²) in [5.41, 5.74) is 0.930. The Balaban J connectivity index is 1.61. The van der Waals surface area contributed by atoms with E-state index in [2.05, 4.69) is 5.32 Å². The average molecular weight is 334 g/mol. The molecule has 5 nitrogen and oxygen atoms in total. The number of carbonyl (C=O) groups excluding carboxylic acids is 2. The van der Waals surface area contributed by atoms with Crippen LogP contribution in [-0.2, 0) is 16.2 Å². The molecule has 0 aliphatic carbocycles. The summed E-state index contributed by atoms with van der Waals surface area (Å²) in [6, 6.07) is 1.89. The molecular weight excluding hydrogens is 312 g/mol. The van der Waals surface area contributed by atoms with Crippen LogP contribution in [0.1, 0.15) is 36.1 Å². The van der Waals surface area contributed by atoms with Crippen LogP contribution >= 0.6 is 11.3 Å². The molecule has 0 aromatic carbocycles. The van der Waals surface area contributed by atoms with Crippen LogP contribution < -0.4 is 5.32 Å². The highest BCUT2D eigenvalue weighted by Crippen LogP contribution is 2.36. The number of piperidine rings is 2. The first-order valence-corrected chi connectivity index (χ1v) is 8.90. The van der Waals surface area contributed by atoms with E-state index in [0.717, 1.165) is 42.8 Å². The number of carbonyl (C=O) groups is 2. The zero-order valence-corrected chi connectivity index (χ0v) is 13.9. The third-order valence-electron chi connectivity index (χ3n) is 4.76. The first kappa shape index (κ1) is 16.2. The highest BCUT2D eigenvalue weighted by molar-refractivity contribution is 7.11. The lowest BCUT2D eigenvalue weighted by molar-refractivity contribution is -0.131. The second-order valence-corrected chi connectivity index (χ2v) is 7.43. The number of aliphatic hydroxyl groups is 1. The van der Waals surface area contributed by atoms with E-state index in [1.807, 2.05) is 22.4 Å². The van der Waals surface area contributed by atoms with Crippen molar-refractivity contribution >= 4 is 29.2 Å². The molecule has 0 bridgehead atoms. The summed E-state index contributed by atoms with van der Waals surface area (Å²) in [5.74, 6) is 0.149. The van der Waals surface area contributed by atoms with E-state index in [0.29, 0.717) is 13.0 Å². The predicted octanol–water partition coefficient (Wildman–Crippen LogP) is 1.77. The number of thiophene rings is 1. The van der Waals surface area contributed by atoms with Crippen molar-refractivity contribution in [3.8, 4) is 0 Å². The maximum absolute atomic E-state index is 12.4. The smallest absolute Gasteiger partial charge is 0.246 e. The molecule has 1 unspecified atom stereocenters. The molecule has 2 aliphatic rings. The van der Waals surface area contributed by atoms with Gasteiger partial charge in [-0.3, -0.25) is 9.59 Å². The van der Waals surface area contributed by atoms with Gasteiger partial charge in [-0.25, -0.2) is 0 Å². The Morgan fingerprint density at radius 3 is 3.04 bits per heavy atom. The van der Waals surface area contributed by atoms with E-state index in [9.17, 15) is 9.59 Å². The maximum Gasteiger partial charge on any atom is 0.246 e. The summed E-state index contributed by atoms with van der Waals surface area (Å²) < 4.78 is 0. The van der Waals surface area contributed by atoms with Crippen LogP contribution in [0.2, 0.25) is 0 Å². The molecule has 23 heavy (non-hydrogen) atoms. The molecule has 6 heteroatoms. The molecule has 1 aromatic heterocycles. The van der Waals surface area contributed by atoms with Crippen LogP contribution in [0.25, 0.3) is 6.08 Å². The van der Waals surface area contributed by atoms with Gasteiger partial charge in [-0.2, -0.15) is 0 Å². The molecule has 2 N–H and O–H groups in total. The van der Waals surface area contributed by atoms with Gasteiger partial charge >= 0.3 is 0 Å². The molecule has 2 fully saturated rings. The summed E-state index contributed by atoms with van der Waals surface area (Å²) >= 11 is 1.52. The topological polar surface area (TPSA) is 69.6 Å². The van der Waals surface area contributed by atoms with E-state index in [1.54, 1.807) is 6.08 Å². The Morgan fingerprint density at radius 1 is 1.48 bits per heavy atom. The Labute approximate surface area is 140 Å². The zero-order chi connectivity index (χ0) is 16.3. The minimum Gasteiger partial charge on any atom is -0.392 e. The van der Waals surface area contributed by atoms with E-state index in [-0.39, 0.29) is 23.8 Å². The van der Waals surface area contributed by atoms with Crippen molar-refractivity contribution in [2.75, 3.05) is 19.6 Å². The van der Waals surface area contributed by atoms with Crippen molar-refractivity contribution in [2.45, 2.75) is 32.3 Å². The molecule has 2 aliphatic heterocycles. The van der Waals surface area contributed by atoms with Gasteiger partial charge in [0.2, 0.25) is 11.8 Å². The van der Waals surface area contributed by atoms with E-state index in [1.165, 1.54) is 11.3 Å². The first-order valence-electron chi connectivity index (χ1n) is 8.02. The van der Waals surface area contributed by atoms with Gasteiger partial charge in [-0.15, -0.1) is 11.3 Å². The Hall–Kier alpha value is -1.66. The lowest BCUT2D eigenvalue weighted by atomic mass is 9.74. The molecule has 0 saturated carbocycles. The van der Waals surface area contributed by atoms with Crippen molar-refractivity contribution in [1.82, 2.24) is 10.2 Å². The maximum atomic E-state index is 12.4. The standard InChI is InChI=1S/C17H22N2O3S/c20-9-13-8-14(23-10-13)2-3-16(22)19-7-1-5-17(12-19)6-4-15(21)18-11-17/h2-3,8,10,20H,1,4-7,9,11-12H2,(H,18,21). The largest absolute Gasteiger partial charge is 0.392 e. The monoisotopic (exact) mass is 334 g/mol. The summed E-state index contributed by atoms with van der Waals surface area (Å²) in [6.45, 7) is 2.22. The van der Waals surface area contributed by atoms with Crippen molar-refractivity contribution in [3.05, 3.63) is 28.0 Å². The van der Waals surface area contributed by atoms with Gasteiger partial charge in [0.1, 0.15) is 0 Å². The molecule has 124 valence electrons. The molecule has 2 amide bonds. The van der Waals surface area contributed by atoms with Crippen molar-refractivity contribution < 1.29 is 14.7 Å². The fourth-order valence-electron chi connectivity index (χ4n) is 3.41. The number of hydrogen-bond donors (Lipinski definition) is 2. The van der Waals surface area contributed by atoms with Crippen LogP contribution in [0.3, 0.4) is 0 Å². The zero-order valence-electron chi connectivity index (χ0n) is 13.1. The van der Waals surface area contributed by atoms with Gasteiger partial charge < -0.3 is 15.3 Å². The lowest BCUT2D eigenvalue weighted by Crippen LogP contribution is -2.53. The molecule has 0 radical (unpaired) electrons. The van der Waals surface area contributed by atoms with E-state index in [4.69, 9.17) is 5.11 Å². The minimum absolute atomic E-state index is 0.0264. The molecule has 3 rings (SSSR count). The predicted molar refractivity (Wildman–Crippen MR) is 89.8 cm³/mol. The molecular formula is C17H22N2O3S. The third kappa shape index (κ3) is 3.82. The van der Waals surface area contributed by atoms with Gasteiger partial charge in [0.25, 0.3) is 0 Å². The number of hydrogen-bond acceptors (Lipinski definition) is 4. The summed E-state index contributed by atoms with van der Waals surface area (Å²) in [6.07, 6.45) is 6.94. The molecule has 1 atom stereocenters. The van der Waals surface area contributed by atoms with E-state index >= 15 is 0 Å². The van der Waals surface area contributed by atoms with Gasteiger partial charge in [0.05, 0.1) is 6.61 Å². The van der Waals surface area contributed by atoms with Crippen LogP contribution in [0, 0.1) is 5.41 Å². The number of nitrogens with zero attached hydrogens (tertiary/aromatic N) is 1. The molecule has 1 aromatic rings. The van der Waals surface area contributed by atoms with E-state index < -0.39 is 0 Å². The highest BCUT2D eigenvalue weighted by Gasteiger charge is 2.39. The Morgan fingerprint density at radius 2 is 2.35 bits per heavy atom. The first-order chi connectivity index (χ1) is 11.1. The van der Waals surface area contributed by atoms with Crippen molar-refractivity contribution in [3.63, 3.8) is 0 Å². The number of rotatable bonds is 3. The lowest BCUT2D eigenvalue weighted by Gasteiger charge is -2.44. The summed E-state index contributed by atoms with van der Waals surface area (Å²) in [4.78, 5) is 26.7. The summed E-state index contributed by atoms with van der Waals surface area (Å²) in [5, 5.41) is 13.9. The highest BCUT2D eigenvalue weighted by atomic mass is 32.1. The number of aliphatic hydroxyl groups excluding tert-OH is 1. The van der Waals surface area contributed by atoms with Gasteiger partial charge in [0.15, 0.2) is 0 Å². The third-order valence-corrected chi connectivity index (χ3v) is 5.71. The SMILES string of the molecule is O=C1CCC2(CCCN(C(=O)C=Cc3cc(CO)cs3)C2)CN1. The fraction of sp³-hybridized carbons (Fsp3) is 0.529. The van der Waals surface area contributed by atoms with Gasteiger partial charge in [-0.1, -0.05) is 0 Å². The number of nitrogens with one attached hydrogen (secondary N) is 1.